The second kappa shape index (κ2) is 7.55. The van der Waals surface area contributed by atoms with Gasteiger partial charge in [0.1, 0.15) is 0 Å². The predicted molar refractivity (Wildman–Crippen MR) is 50.5 cm³/mol. The number of hydrogen-bond acceptors (Lipinski definition) is 2. The molecule has 0 aromatic carbocycles. The molecule has 72 valence electrons. The van der Waals surface area contributed by atoms with Crippen molar-refractivity contribution in [1.29, 1.82) is 0 Å². The molecule has 0 aliphatic carbocycles. The van der Waals surface area contributed by atoms with Crippen LogP contribution >= 0.6 is 15.9 Å². The van der Waals surface area contributed by atoms with Gasteiger partial charge in [0.15, 0.2) is 0 Å². The summed E-state index contributed by atoms with van der Waals surface area (Å²) in [7, 11) is 0. The van der Waals surface area contributed by atoms with Crippen molar-refractivity contribution in [2.45, 2.75) is 25.7 Å². The summed E-state index contributed by atoms with van der Waals surface area (Å²) in [6.45, 7) is -0.0364. The van der Waals surface area contributed by atoms with Gasteiger partial charge in [0.25, 0.3) is 0 Å². The molecule has 0 aromatic rings. The maximum atomic E-state index is 10.6. The Morgan fingerprint density at radius 2 is 2.00 bits per heavy atom. The third kappa shape index (κ3) is 5.55. The van der Waals surface area contributed by atoms with Gasteiger partial charge in [-0.1, -0.05) is 22.4 Å². The summed E-state index contributed by atoms with van der Waals surface area (Å²) in [6, 6.07) is 0. The summed E-state index contributed by atoms with van der Waals surface area (Å²) in [4.78, 5) is 10.6. The fourth-order valence-electron chi connectivity index (χ4n) is 1.03. The zero-order chi connectivity index (χ0) is 9.40. The van der Waals surface area contributed by atoms with E-state index >= 15 is 0 Å². The molecule has 0 rings (SSSR count). The minimum Gasteiger partial charge on any atom is -0.481 e. The van der Waals surface area contributed by atoms with Crippen LogP contribution < -0.4 is 0 Å². The van der Waals surface area contributed by atoms with Crippen LogP contribution in [0.2, 0.25) is 0 Å². The molecular weight excluding hydrogens is 224 g/mol. The molecule has 3 nitrogen and oxygen atoms in total. The van der Waals surface area contributed by atoms with E-state index in [1.807, 2.05) is 0 Å². The first kappa shape index (κ1) is 11.9. The number of aliphatic hydroxyl groups excluding tert-OH is 1. The maximum Gasteiger partial charge on any atom is 0.306 e. The van der Waals surface area contributed by atoms with Gasteiger partial charge in [-0.3, -0.25) is 4.79 Å². The van der Waals surface area contributed by atoms with Gasteiger partial charge >= 0.3 is 5.97 Å². The SMILES string of the molecule is O=C(O)C(CCO)CCCCBr. The van der Waals surface area contributed by atoms with Crippen molar-refractivity contribution in [1.82, 2.24) is 0 Å². The molecule has 0 bridgehead atoms. The molecule has 0 saturated heterocycles. The molecule has 12 heavy (non-hydrogen) atoms. The third-order valence-corrected chi connectivity index (χ3v) is 2.32. The molecule has 0 spiro atoms. The molecule has 0 heterocycles. The van der Waals surface area contributed by atoms with Crippen molar-refractivity contribution in [2.24, 2.45) is 5.92 Å². The van der Waals surface area contributed by atoms with Gasteiger partial charge in [0.05, 0.1) is 5.92 Å². The highest BCUT2D eigenvalue weighted by molar-refractivity contribution is 9.09. The van der Waals surface area contributed by atoms with E-state index in [1.165, 1.54) is 0 Å². The van der Waals surface area contributed by atoms with E-state index in [9.17, 15) is 4.79 Å². The van der Waals surface area contributed by atoms with Gasteiger partial charge in [0.2, 0.25) is 0 Å². The van der Waals surface area contributed by atoms with Crippen molar-refractivity contribution >= 4 is 21.9 Å². The highest BCUT2D eigenvalue weighted by Gasteiger charge is 2.15. The number of carbonyl (C=O) groups is 1. The molecule has 4 heteroatoms. The average Bonchev–Trinajstić information content (AvgIpc) is 2.03. The van der Waals surface area contributed by atoms with Gasteiger partial charge in [-0.2, -0.15) is 0 Å². The lowest BCUT2D eigenvalue weighted by molar-refractivity contribution is -0.142. The molecule has 0 fully saturated rings. The first-order valence-corrected chi connectivity index (χ1v) is 5.24. The Morgan fingerprint density at radius 1 is 1.33 bits per heavy atom. The van der Waals surface area contributed by atoms with Crippen LogP contribution in [-0.4, -0.2) is 28.1 Å². The number of carboxylic acids is 1. The van der Waals surface area contributed by atoms with Crippen molar-refractivity contribution in [3.05, 3.63) is 0 Å². The van der Waals surface area contributed by atoms with E-state index in [2.05, 4.69) is 15.9 Å². The van der Waals surface area contributed by atoms with E-state index in [0.29, 0.717) is 12.8 Å². The van der Waals surface area contributed by atoms with Crippen LogP contribution in [-0.2, 0) is 4.79 Å². The number of hydrogen-bond donors (Lipinski definition) is 2. The number of halogens is 1. The summed E-state index contributed by atoms with van der Waals surface area (Å²) < 4.78 is 0. The number of unbranched alkanes of at least 4 members (excludes halogenated alkanes) is 1. The summed E-state index contributed by atoms with van der Waals surface area (Å²) >= 11 is 3.28. The van der Waals surface area contributed by atoms with Crippen molar-refractivity contribution in [3.63, 3.8) is 0 Å². The largest absolute Gasteiger partial charge is 0.481 e. The second-order valence-electron chi connectivity index (χ2n) is 2.73. The van der Waals surface area contributed by atoms with E-state index < -0.39 is 5.97 Å². The first-order chi connectivity index (χ1) is 5.72. The molecule has 0 radical (unpaired) electrons. The molecule has 2 N–H and O–H groups in total. The van der Waals surface area contributed by atoms with Crippen LogP contribution in [0.3, 0.4) is 0 Å². The van der Waals surface area contributed by atoms with Crippen LogP contribution in [0.25, 0.3) is 0 Å². The summed E-state index contributed by atoms with van der Waals surface area (Å²) in [5.41, 5.74) is 0. The van der Waals surface area contributed by atoms with Crippen LogP contribution in [0.4, 0.5) is 0 Å². The Balaban J connectivity index is 3.56. The van der Waals surface area contributed by atoms with Crippen molar-refractivity contribution in [3.8, 4) is 0 Å². The molecule has 0 aliphatic rings. The average molecular weight is 239 g/mol. The number of aliphatic carboxylic acids is 1. The number of rotatable bonds is 7. The highest BCUT2D eigenvalue weighted by Crippen LogP contribution is 2.13. The summed E-state index contributed by atoms with van der Waals surface area (Å²) in [6.07, 6.45) is 2.94. The lowest BCUT2D eigenvalue weighted by Crippen LogP contribution is -2.15. The highest BCUT2D eigenvalue weighted by atomic mass is 79.9. The van der Waals surface area contributed by atoms with Gasteiger partial charge in [-0.25, -0.2) is 0 Å². The van der Waals surface area contributed by atoms with Crippen LogP contribution in [0.1, 0.15) is 25.7 Å². The molecule has 0 aliphatic heterocycles. The summed E-state index contributed by atoms with van der Waals surface area (Å²) in [5.74, 6) is -1.16. The molecule has 1 atom stereocenters. The maximum absolute atomic E-state index is 10.6. The number of aliphatic hydroxyl groups is 1. The fourth-order valence-corrected chi connectivity index (χ4v) is 1.43. The van der Waals surface area contributed by atoms with Crippen molar-refractivity contribution in [2.75, 3.05) is 11.9 Å². The van der Waals surface area contributed by atoms with Gasteiger partial charge < -0.3 is 10.2 Å². The normalized spacial score (nSPS) is 12.8. The van der Waals surface area contributed by atoms with E-state index in [0.717, 1.165) is 18.2 Å². The molecule has 0 saturated carbocycles. The van der Waals surface area contributed by atoms with E-state index in [1.54, 1.807) is 0 Å². The lowest BCUT2D eigenvalue weighted by Gasteiger charge is -2.09. The number of alkyl halides is 1. The zero-order valence-corrected chi connectivity index (χ0v) is 8.59. The Kier molecular flexibility index (Phi) is 7.50. The van der Waals surface area contributed by atoms with Crippen LogP contribution in [0.5, 0.6) is 0 Å². The Bertz CT molecular complexity index is 127. The fraction of sp³-hybridized carbons (Fsp3) is 0.875. The van der Waals surface area contributed by atoms with Gasteiger partial charge in [-0.15, -0.1) is 0 Å². The van der Waals surface area contributed by atoms with Gasteiger partial charge in [0, 0.05) is 11.9 Å². The van der Waals surface area contributed by atoms with Crippen LogP contribution in [0.15, 0.2) is 0 Å². The molecular formula is C8H15BrO3. The Morgan fingerprint density at radius 3 is 2.42 bits per heavy atom. The smallest absolute Gasteiger partial charge is 0.306 e. The molecule has 0 amide bonds. The van der Waals surface area contributed by atoms with E-state index in [-0.39, 0.29) is 12.5 Å². The quantitative estimate of drug-likeness (QED) is 0.524. The lowest BCUT2D eigenvalue weighted by atomic mass is 9.99. The predicted octanol–water partition coefficient (Wildman–Crippen LogP) is 1.63. The number of carboxylic acid groups (broad SMARTS) is 1. The topological polar surface area (TPSA) is 57.5 Å². The van der Waals surface area contributed by atoms with Crippen molar-refractivity contribution < 1.29 is 15.0 Å². The molecule has 0 aromatic heterocycles. The van der Waals surface area contributed by atoms with Gasteiger partial charge in [-0.05, 0) is 19.3 Å². The monoisotopic (exact) mass is 238 g/mol. The Labute approximate surface area is 80.9 Å². The third-order valence-electron chi connectivity index (χ3n) is 1.76. The van der Waals surface area contributed by atoms with Crippen LogP contribution in [0, 0.1) is 5.92 Å². The summed E-state index contributed by atoms with van der Waals surface area (Å²) in [5, 5.41) is 18.2. The molecule has 1 unspecified atom stereocenters. The first-order valence-electron chi connectivity index (χ1n) is 4.12. The minimum absolute atomic E-state index is 0.0364. The van der Waals surface area contributed by atoms with E-state index in [4.69, 9.17) is 10.2 Å². The standard InChI is InChI=1S/C8H15BrO3/c9-5-2-1-3-7(4-6-10)8(11)12/h7,10H,1-6H2,(H,11,12). The second-order valence-corrected chi connectivity index (χ2v) is 3.53. The zero-order valence-electron chi connectivity index (χ0n) is 7.00. The Hall–Kier alpha value is -0.0900. The minimum atomic E-state index is -0.793.